The highest BCUT2D eigenvalue weighted by molar-refractivity contribution is 7.95. The lowest BCUT2D eigenvalue weighted by Gasteiger charge is -2.09. The van der Waals surface area contributed by atoms with Gasteiger partial charge >= 0.3 is 0 Å². The molecule has 0 fully saturated rings. The average Bonchev–Trinajstić information content (AvgIpc) is 3.16. The number of nitrogens with two attached hydrogens (primary N) is 1. The van der Waals surface area contributed by atoms with Crippen molar-refractivity contribution >= 4 is 31.8 Å². The summed E-state index contributed by atoms with van der Waals surface area (Å²) in [5.74, 6) is -0.184. The fraction of sp³-hybridized carbons (Fsp3) is 0. The van der Waals surface area contributed by atoms with E-state index in [1.54, 1.807) is 42.7 Å². The monoisotopic (exact) mass is 422 g/mol. The van der Waals surface area contributed by atoms with E-state index < -0.39 is 30.8 Å². The zero-order valence-electron chi connectivity index (χ0n) is 14.2. The fourth-order valence-corrected chi connectivity index (χ4v) is 4.03. The van der Waals surface area contributed by atoms with Gasteiger partial charge in [0.15, 0.2) is 0 Å². The summed E-state index contributed by atoms with van der Waals surface area (Å²) in [6, 6.07) is 13.0. The Balaban J connectivity index is 1.81. The Bertz CT molecular complexity index is 1220. The number of halogens is 1. The number of hydrogen-bond acceptors (Lipinski definition) is 5. The van der Waals surface area contributed by atoms with Crippen molar-refractivity contribution in [2.45, 2.75) is 4.90 Å². The molecule has 7 nitrogen and oxygen atoms in total. The Kier molecular flexibility index (Phi) is 5.36. The van der Waals surface area contributed by atoms with Gasteiger partial charge < -0.3 is 4.42 Å². The van der Waals surface area contributed by atoms with Gasteiger partial charge in [-0.3, -0.25) is 4.72 Å². The Morgan fingerprint density at radius 1 is 1.00 bits per heavy atom. The largest absolute Gasteiger partial charge is 0.464 e. The van der Waals surface area contributed by atoms with Crippen LogP contribution in [0.25, 0.3) is 17.4 Å². The van der Waals surface area contributed by atoms with Gasteiger partial charge in [0, 0.05) is 5.56 Å². The molecule has 0 bridgehead atoms. The molecule has 0 radical (unpaired) electrons. The SMILES string of the molecule is NS(=O)(=O)c1cc(F)ccc1NS(=O)(=O)C=Cc1ccc(-c2ccco2)cc1. The summed E-state index contributed by atoms with van der Waals surface area (Å²) in [6.07, 6.45) is 2.88. The molecule has 28 heavy (non-hydrogen) atoms. The van der Waals surface area contributed by atoms with Crippen molar-refractivity contribution < 1.29 is 25.6 Å². The van der Waals surface area contributed by atoms with E-state index in [0.717, 1.165) is 23.1 Å². The number of hydrogen-bond donors (Lipinski definition) is 2. The van der Waals surface area contributed by atoms with Crippen LogP contribution in [0.3, 0.4) is 0 Å². The minimum atomic E-state index is -4.32. The number of benzene rings is 2. The lowest BCUT2D eigenvalue weighted by Crippen LogP contribution is -2.17. The molecule has 0 saturated heterocycles. The van der Waals surface area contributed by atoms with Crippen molar-refractivity contribution in [1.82, 2.24) is 0 Å². The zero-order chi connectivity index (χ0) is 20.4. The molecule has 0 saturated carbocycles. The maximum Gasteiger partial charge on any atom is 0.255 e. The average molecular weight is 422 g/mol. The summed E-state index contributed by atoms with van der Waals surface area (Å²) < 4.78 is 68.2. The normalized spacial score (nSPS) is 12.4. The lowest BCUT2D eigenvalue weighted by molar-refractivity contribution is 0.582. The Labute approximate surface area is 161 Å². The van der Waals surface area contributed by atoms with Gasteiger partial charge in [0.25, 0.3) is 10.0 Å². The van der Waals surface area contributed by atoms with E-state index in [-0.39, 0.29) is 5.69 Å². The number of rotatable bonds is 6. The molecule has 0 aliphatic carbocycles. The van der Waals surface area contributed by atoms with E-state index in [0.29, 0.717) is 17.4 Å². The van der Waals surface area contributed by atoms with Crippen LogP contribution in [0.2, 0.25) is 0 Å². The third-order valence-electron chi connectivity index (χ3n) is 3.66. The lowest BCUT2D eigenvalue weighted by atomic mass is 10.1. The van der Waals surface area contributed by atoms with Crippen molar-refractivity contribution in [3.63, 3.8) is 0 Å². The van der Waals surface area contributed by atoms with Gasteiger partial charge in [-0.2, -0.15) is 0 Å². The maximum atomic E-state index is 13.3. The van der Waals surface area contributed by atoms with E-state index in [4.69, 9.17) is 9.56 Å². The van der Waals surface area contributed by atoms with Gasteiger partial charge in [-0.05, 0) is 42.0 Å². The van der Waals surface area contributed by atoms with E-state index >= 15 is 0 Å². The van der Waals surface area contributed by atoms with E-state index in [9.17, 15) is 21.2 Å². The van der Waals surface area contributed by atoms with Crippen molar-refractivity contribution in [1.29, 1.82) is 0 Å². The molecule has 2 aromatic carbocycles. The first-order chi connectivity index (χ1) is 13.1. The summed E-state index contributed by atoms with van der Waals surface area (Å²) >= 11 is 0. The second-order valence-electron chi connectivity index (χ2n) is 5.73. The Morgan fingerprint density at radius 2 is 1.71 bits per heavy atom. The fourth-order valence-electron chi connectivity index (χ4n) is 2.37. The van der Waals surface area contributed by atoms with Gasteiger partial charge in [-0.25, -0.2) is 26.4 Å². The highest BCUT2D eigenvalue weighted by Crippen LogP contribution is 2.23. The molecule has 0 amide bonds. The molecule has 3 rings (SSSR count). The predicted molar refractivity (Wildman–Crippen MR) is 103 cm³/mol. The molecule has 1 heterocycles. The van der Waals surface area contributed by atoms with Crippen LogP contribution in [-0.2, 0) is 20.0 Å². The number of sulfonamides is 2. The van der Waals surface area contributed by atoms with Crippen LogP contribution in [0.1, 0.15) is 5.56 Å². The molecule has 3 N–H and O–H groups in total. The van der Waals surface area contributed by atoms with Crippen molar-refractivity contribution in [2.75, 3.05) is 4.72 Å². The van der Waals surface area contributed by atoms with Crippen LogP contribution < -0.4 is 9.86 Å². The standard InChI is InChI=1S/C18H15FN2O5S2/c19-15-7-8-16(18(12-15)28(20,24)25)21-27(22,23)11-9-13-3-5-14(6-4-13)17-2-1-10-26-17/h1-12,21H,(H2,20,24,25). The molecule has 10 heteroatoms. The maximum absolute atomic E-state index is 13.3. The third-order valence-corrected chi connectivity index (χ3v) is 5.61. The van der Waals surface area contributed by atoms with Gasteiger partial charge in [0.05, 0.1) is 17.4 Å². The van der Waals surface area contributed by atoms with Crippen LogP contribution in [0, 0.1) is 5.82 Å². The molecule has 146 valence electrons. The first-order valence-corrected chi connectivity index (χ1v) is 10.9. The molecule has 0 aliphatic rings. The molecule has 1 aromatic heterocycles. The van der Waals surface area contributed by atoms with Crippen LogP contribution >= 0.6 is 0 Å². The van der Waals surface area contributed by atoms with Crippen LogP contribution in [0.4, 0.5) is 10.1 Å². The van der Waals surface area contributed by atoms with Crippen molar-refractivity contribution in [3.05, 3.63) is 77.6 Å². The second-order valence-corrected chi connectivity index (χ2v) is 8.83. The third kappa shape index (κ3) is 4.85. The predicted octanol–water partition coefficient (Wildman–Crippen LogP) is 3.15. The molecule has 0 unspecified atom stereocenters. The van der Waals surface area contributed by atoms with Gasteiger partial charge in [0.2, 0.25) is 10.0 Å². The zero-order valence-corrected chi connectivity index (χ0v) is 15.9. The van der Waals surface area contributed by atoms with Gasteiger partial charge in [0.1, 0.15) is 16.5 Å². The highest BCUT2D eigenvalue weighted by atomic mass is 32.2. The number of primary sulfonamides is 1. The summed E-state index contributed by atoms with van der Waals surface area (Å²) in [7, 11) is -8.40. The van der Waals surface area contributed by atoms with Crippen LogP contribution in [0.5, 0.6) is 0 Å². The first-order valence-electron chi connectivity index (χ1n) is 7.81. The van der Waals surface area contributed by atoms with Crippen molar-refractivity contribution in [2.24, 2.45) is 5.14 Å². The summed E-state index contributed by atoms with van der Waals surface area (Å²) in [6.45, 7) is 0. The highest BCUT2D eigenvalue weighted by Gasteiger charge is 2.18. The first kappa shape index (κ1) is 19.8. The van der Waals surface area contributed by atoms with Gasteiger partial charge in [-0.15, -0.1) is 0 Å². The molecule has 0 aliphatic heterocycles. The summed E-state index contributed by atoms with van der Waals surface area (Å²) in [4.78, 5) is -0.660. The molecular formula is C18H15FN2O5S2. The molecule has 0 spiro atoms. The minimum Gasteiger partial charge on any atom is -0.464 e. The Morgan fingerprint density at radius 3 is 2.32 bits per heavy atom. The van der Waals surface area contributed by atoms with Crippen LogP contribution in [0.15, 0.2) is 75.6 Å². The summed E-state index contributed by atoms with van der Waals surface area (Å²) in [5.41, 5.74) is 1.07. The smallest absolute Gasteiger partial charge is 0.255 e. The quantitative estimate of drug-likeness (QED) is 0.632. The van der Waals surface area contributed by atoms with Crippen LogP contribution in [-0.4, -0.2) is 16.8 Å². The van der Waals surface area contributed by atoms with Gasteiger partial charge in [-0.1, -0.05) is 24.3 Å². The molecular weight excluding hydrogens is 407 g/mol. The van der Waals surface area contributed by atoms with Crippen molar-refractivity contribution in [3.8, 4) is 11.3 Å². The summed E-state index contributed by atoms with van der Waals surface area (Å²) in [5, 5.41) is 5.88. The topological polar surface area (TPSA) is 119 Å². The second kappa shape index (κ2) is 7.58. The molecule has 0 atom stereocenters. The minimum absolute atomic E-state index is 0.346. The number of furan rings is 1. The number of anilines is 1. The number of nitrogens with one attached hydrogen (secondary N) is 1. The molecule has 3 aromatic rings. The van der Waals surface area contributed by atoms with E-state index in [2.05, 4.69) is 4.72 Å². The van der Waals surface area contributed by atoms with E-state index in [1.165, 1.54) is 6.08 Å². The van der Waals surface area contributed by atoms with E-state index in [1.807, 2.05) is 0 Å². The Hall–Kier alpha value is -2.95.